The Balaban J connectivity index is 1.65. The number of carbonyl (C=O) groups excluding carboxylic acids is 1. The molecule has 29 heavy (non-hydrogen) atoms. The van der Waals surface area contributed by atoms with Gasteiger partial charge < -0.3 is 24.6 Å². The summed E-state index contributed by atoms with van der Waals surface area (Å²) >= 11 is 0. The molecule has 4 rings (SSSR count). The second-order valence-electron chi connectivity index (χ2n) is 6.36. The van der Waals surface area contributed by atoms with Gasteiger partial charge >= 0.3 is 8.25 Å². The first-order chi connectivity index (χ1) is 14.1. The number of imidazole rings is 1. The molecule has 1 aromatic carbocycles. The van der Waals surface area contributed by atoms with Gasteiger partial charge in [-0.15, -0.1) is 0 Å². The minimum atomic E-state index is -3.21. The summed E-state index contributed by atoms with van der Waals surface area (Å²) in [5, 5.41) is 12.1. The maximum atomic E-state index is 12.4. The Bertz CT molecular complexity index is 1050. The number of fused-ring (bicyclic) bond motifs is 1. The Morgan fingerprint density at radius 3 is 2.83 bits per heavy atom. The first-order valence-corrected chi connectivity index (χ1v) is 10.0. The number of aliphatic hydroxyl groups excluding tert-OH is 1. The normalized spacial score (nSPS) is 22.6. The van der Waals surface area contributed by atoms with Crippen molar-refractivity contribution >= 4 is 31.1 Å². The van der Waals surface area contributed by atoms with Crippen molar-refractivity contribution in [2.45, 2.75) is 24.9 Å². The number of ether oxygens (including phenoxy) is 1. The fourth-order valence-electron chi connectivity index (χ4n) is 3.21. The summed E-state index contributed by atoms with van der Waals surface area (Å²) in [6.45, 7) is -0.261. The zero-order chi connectivity index (χ0) is 20.4. The van der Waals surface area contributed by atoms with Gasteiger partial charge in [0.15, 0.2) is 23.2 Å². The number of hydrogen-bond donors (Lipinski definition) is 3. The van der Waals surface area contributed by atoms with Crippen LogP contribution in [0.1, 0.15) is 23.0 Å². The summed E-state index contributed by atoms with van der Waals surface area (Å²) < 4.78 is 23.5. The second kappa shape index (κ2) is 8.36. The van der Waals surface area contributed by atoms with Crippen LogP contribution >= 0.6 is 8.25 Å². The largest absolute Gasteiger partial charge is 0.394 e. The van der Waals surface area contributed by atoms with E-state index in [2.05, 4.69) is 20.3 Å². The molecular weight excluding hydrogens is 401 g/mol. The van der Waals surface area contributed by atoms with Gasteiger partial charge in [-0.3, -0.25) is 13.9 Å². The lowest BCUT2D eigenvalue weighted by atomic mass is 10.2. The van der Waals surface area contributed by atoms with E-state index in [1.54, 1.807) is 24.3 Å². The summed E-state index contributed by atoms with van der Waals surface area (Å²) in [5.74, 6) is -0.134. The van der Waals surface area contributed by atoms with Crippen molar-refractivity contribution in [3.05, 3.63) is 48.5 Å². The smallest absolute Gasteiger partial charge is 0.317 e. The summed E-state index contributed by atoms with van der Waals surface area (Å²) in [7, 11) is -3.21. The SMILES string of the molecule is O=C(Nc1ncnc2c1ncn2[C@@H]1O[C@H](CO)C[C@H]1O[PH](=O)O)c1ccccc1. The van der Waals surface area contributed by atoms with E-state index in [1.807, 2.05) is 6.07 Å². The van der Waals surface area contributed by atoms with Crippen molar-refractivity contribution in [2.75, 3.05) is 11.9 Å². The van der Waals surface area contributed by atoms with Gasteiger partial charge in [0.2, 0.25) is 0 Å². The van der Waals surface area contributed by atoms with E-state index in [-0.39, 0.29) is 24.8 Å². The van der Waals surface area contributed by atoms with Gasteiger partial charge in [0.25, 0.3) is 5.91 Å². The van der Waals surface area contributed by atoms with E-state index in [9.17, 15) is 14.5 Å². The lowest BCUT2D eigenvalue weighted by Crippen LogP contribution is -2.21. The first kappa shape index (κ1) is 19.6. The summed E-state index contributed by atoms with van der Waals surface area (Å²) in [4.78, 5) is 34.2. The summed E-state index contributed by atoms with van der Waals surface area (Å²) in [6, 6.07) is 8.66. The third-order valence-electron chi connectivity index (χ3n) is 4.50. The number of anilines is 1. The van der Waals surface area contributed by atoms with E-state index < -0.39 is 26.7 Å². The fourth-order valence-corrected chi connectivity index (χ4v) is 3.68. The standard InChI is InChI=1S/C17H18N5O6P/c23-7-11-6-12(28-29(25)26)17(27-11)22-9-20-13-14(18-8-19-15(13)22)21-16(24)10-4-2-1-3-5-10/h1-5,8-9,11-12,17,23,29H,6-7H2,(H,25,26)(H,18,19,21,24)/t11-,12+,17+/m0/s1. The highest BCUT2D eigenvalue weighted by atomic mass is 31.1. The molecule has 11 nitrogen and oxygen atoms in total. The molecule has 152 valence electrons. The van der Waals surface area contributed by atoms with Crippen molar-refractivity contribution in [3.8, 4) is 0 Å². The molecule has 3 N–H and O–H groups in total. The third kappa shape index (κ3) is 4.04. The molecule has 1 aliphatic rings. The number of benzene rings is 1. The van der Waals surface area contributed by atoms with Crippen LogP contribution in [0.4, 0.5) is 5.82 Å². The quantitative estimate of drug-likeness (QED) is 0.500. The topological polar surface area (TPSA) is 149 Å². The number of amides is 1. The molecule has 0 aliphatic carbocycles. The summed E-state index contributed by atoms with van der Waals surface area (Å²) in [6.07, 6.45) is 0.796. The number of carbonyl (C=O) groups is 1. The minimum absolute atomic E-state index is 0.215. The van der Waals surface area contributed by atoms with Gasteiger partial charge in [-0.2, -0.15) is 0 Å². The van der Waals surface area contributed by atoms with Crippen LogP contribution in [0.5, 0.6) is 0 Å². The first-order valence-electron chi connectivity index (χ1n) is 8.76. The molecule has 0 saturated carbocycles. The monoisotopic (exact) mass is 419 g/mol. The van der Waals surface area contributed by atoms with Gasteiger partial charge in [-0.1, -0.05) is 18.2 Å². The lowest BCUT2D eigenvalue weighted by molar-refractivity contribution is -0.0440. The molecule has 0 spiro atoms. The van der Waals surface area contributed by atoms with Crippen molar-refractivity contribution < 1.29 is 28.6 Å². The van der Waals surface area contributed by atoms with E-state index in [0.717, 1.165) is 0 Å². The van der Waals surface area contributed by atoms with Crippen molar-refractivity contribution in [1.82, 2.24) is 19.5 Å². The maximum Gasteiger partial charge on any atom is 0.317 e. The van der Waals surface area contributed by atoms with Crippen molar-refractivity contribution in [1.29, 1.82) is 0 Å². The molecule has 1 saturated heterocycles. The van der Waals surface area contributed by atoms with Gasteiger partial charge in [0.1, 0.15) is 12.4 Å². The zero-order valence-corrected chi connectivity index (χ0v) is 16.0. The highest BCUT2D eigenvalue weighted by Crippen LogP contribution is 2.37. The maximum absolute atomic E-state index is 12.4. The number of rotatable bonds is 6. The molecule has 3 heterocycles. The Morgan fingerprint density at radius 1 is 1.31 bits per heavy atom. The molecule has 3 aromatic rings. The predicted octanol–water partition coefficient (Wildman–Crippen LogP) is 1.13. The van der Waals surface area contributed by atoms with Crippen LogP contribution in [0, 0.1) is 0 Å². The molecule has 0 radical (unpaired) electrons. The highest BCUT2D eigenvalue weighted by molar-refractivity contribution is 7.32. The van der Waals surface area contributed by atoms with E-state index in [1.165, 1.54) is 17.2 Å². The van der Waals surface area contributed by atoms with Crippen molar-refractivity contribution in [2.24, 2.45) is 0 Å². The Morgan fingerprint density at radius 2 is 2.10 bits per heavy atom. The van der Waals surface area contributed by atoms with Crippen LogP contribution in [0.3, 0.4) is 0 Å². The number of aliphatic hydroxyl groups is 1. The third-order valence-corrected chi connectivity index (χ3v) is 5.01. The van der Waals surface area contributed by atoms with Crippen molar-refractivity contribution in [3.63, 3.8) is 0 Å². The second-order valence-corrected chi connectivity index (χ2v) is 7.12. The van der Waals surface area contributed by atoms with Gasteiger partial charge in [0.05, 0.1) is 19.0 Å². The molecule has 1 aliphatic heterocycles. The number of nitrogens with zero attached hydrogens (tertiary/aromatic N) is 4. The van der Waals surface area contributed by atoms with E-state index >= 15 is 0 Å². The average molecular weight is 419 g/mol. The van der Waals surface area contributed by atoms with Gasteiger partial charge in [0, 0.05) is 12.0 Å². The molecule has 1 fully saturated rings. The van der Waals surface area contributed by atoms with Crippen LogP contribution in [0.25, 0.3) is 11.2 Å². The molecule has 1 amide bonds. The fraction of sp³-hybridized carbons (Fsp3) is 0.294. The Hall–Kier alpha value is -2.69. The number of aromatic nitrogens is 4. The number of nitrogens with one attached hydrogen (secondary N) is 1. The van der Waals surface area contributed by atoms with Crippen LogP contribution in [-0.2, 0) is 13.8 Å². The van der Waals surface area contributed by atoms with E-state index in [0.29, 0.717) is 16.7 Å². The Kier molecular flexibility index (Phi) is 5.65. The molecule has 12 heteroatoms. The molecule has 4 atom stereocenters. The van der Waals surface area contributed by atoms with Crippen LogP contribution in [-0.4, -0.2) is 54.2 Å². The number of hydrogen-bond acceptors (Lipinski definition) is 8. The minimum Gasteiger partial charge on any atom is -0.394 e. The predicted molar refractivity (Wildman–Crippen MR) is 101 cm³/mol. The zero-order valence-electron chi connectivity index (χ0n) is 15.0. The Labute approximate surface area is 165 Å². The van der Waals surface area contributed by atoms with Crippen LogP contribution < -0.4 is 5.32 Å². The van der Waals surface area contributed by atoms with Crippen LogP contribution in [0.2, 0.25) is 0 Å². The van der Waals surface area contributed by atoms with Gasteiger partial charge in [-0.05, 0) is 12.1 Å². The van der Waals surface area contributed by atoms with E-state index in [4.69, 9.17) is 14.2 Å². The molecular formula is C17H18N5O6P. The lowest BCUT2D eigenvalue weighted by Gasteiger charge is -2.19. The highest BCUT2D eigenvalue weighted by Gasteiger charge is 2.39. The molecule has 0 bridgehead atoms. The average Bonchev–Trinajstić information content (AvgIpc) is 3.32. The van der Waals surface area contributed by atoms with Gasteiger partial charge in [-0.25, -0.2) is 15.0 Å². The summed E-state index contributed by atoms with van der Waals surface area (Å²) in [5.41, 5.74) is 1.13. The molecule has 2 aromatic heterocycles. The molecule has 1 unspecified atom stereocenters. The van der Waals surface area contributed by atoms with Crippen LogP contribution in [0.15, 0.2) is 43.0 Å².